The number of amides is 1. The van der Waals surface area contributed by atoms with Crippen molar-refractivity contribution in [2.24, 2.45) is 16.5 Å². The van der Waals surface area contributed by atoms with E-state index in [-0.39, 0.29) is 11.9 Å². The highest BCUT2D eigenvalue weighted by Gasteiger charge is 2.21. The van der Waals surface area contributed by atoms with Gasteiger partial charge in [0.05, 0.1) is 5.92 Å². The van der Waals surface area contributed by atoms with Gasteiger partial charge in [-0.05, 0) is 36.6 Å². The predicted octanol–water partition coefficient (Wildman–Crippen LogP) is 2.77. The molecule has 2 aromatic rings. The van der Waals surface area contributed by atoms with E-state index in [1.54, 1.807) is 12.1 Å². The van der Waals surface area contributed by atoms with Gasteiger partial charge < -0.3 is 11.5 Å². The molecule has 0 aliphatic rings. The van der Waals surface area contributed by atoms with E-state index in [2.05, 4.69) is 4.99 Å². The van der Waals surface area contributed by atoms with Crippen molar-refractivity contribution in [3.63, 3.8) is 0 Å². The van der Waals surface area contributed by atoms with E-state index < -0.39 is 5.92 Å². The molecule has 0 aliphatic heterocycles. The summed E-state index contributed by atoms with van der Waals surface area (Å²) in [5, 5.41) is 0.573. The highest BCUT2D eigenvalue weighted by Crippen LogP contribution is 2.25. The molecule has 0 bridgehead atoms. The van der Waals surface area contributed by atoms with E-state index in [9.17, 15) is 4.79 Å². The lowest BCUT2D eigenvalue weighted by Crippen LogP contribution is -2.26. The third-order valence-corrected chi connectivity index (χ3v) is 3.58. The molecule has 22 heavy (non-hydrogen) atoms. The number of benzene rings is 2. The molecule has 0 aromatic heterocycles. The van der Waals surface area contributed by atoms with Crippen LogP contribution < -0.4 is 11.5 Å². The summed E-state index contributed by atoms with van der Waals surface area (Å²) in [6.45, 7) is 2.02. The minimum absolute atomic E-state index is 0.235. The summed E-state index contributed by atoms with van der Waals surface area (Å²) < 4.78 is 0. The Labute approximate surface area is 134 Å². The summed E-state index contributed by atoms with van der Waals surface area (Å²) in [6, 6.07) is 15.2. The zero-order valence-corrected chi connectivity index (χ0v) is 13.0. The van der Waals surface area contributed by atoms with E-state index in [0.717, 1.165) is 11.1 Å². The zero-order chi connectivity index (χ0) is 16.1. The van der Waals surface area contributed by atoms with Gasteiger partial charge in [0.2, 0.25) is 0 Å². The number of rotatable bonds is 4. The first-order valence-electron chi connectivity index (χ1n) is 6.90. The standard InChI is InChI=1S/C17H18ClN3O/c1-11-5-7-12(8-6-11)9-15(16(22)21-17(19)20)13-3-2-4-14(18)10-13/h2-8,10,15H,9H2,1H3,(H4,19,20,21,22)/t15-/m0/s1. The van der Waals surface area contributed by atoms with E-state index in [0.29, 0.717) is 11.4 Å². The molecule has 0 heterocycles. The molecule has 5 heteroatoms. The van der Waals surface area contributed by atoms with Crippen molar-refractivity contribution in [2.75, 3.05) is 0 Å². The van der Waals surface area contributed by atoms with Crippen LogP contribution in [0, 0.1) is 6.92 Å². The van der Waals surface area contributed by atoms with E-state index in [1.165, 1.54) is 5.56 Å². The van der Waals surface area contributed by atoms with Gasteiger partial charge in [-0.2, -0.15) is 4.99 Å². The van der Waals surface area contributed by atoms with Gasteiger partial charge in [0, 0.05) is 5.02 Å². The van der Waals surface area contributed by atoms with E-state index in [1.807, 2.05) is 43.3 Å². The molecule has 4 nitrogen and oxygen atoms in total. The van der Waals surface area contributed by atoms with Crippen LogP contribution in [0.5, 0.6) is 0 Å². The Morgan fingerprint density at radius 3 is 2.45 bits per heavy atom. The molecule has 0 saturated carbocycles. The number of carbonyl (C=O) groups is 1. The molecule has 4 N–H and O–H groups in total. The van der Waals surface area contributed by atoms with Crippen molar-refractivity contribution >= 4 is 23.5 Å². The Hall–Kier alpha value is -2.33. The maximum atomic E-state index is 12.3. The van der Waals surface area contributed by atoms with Crippen LogP contribution in [0.3, 0.4) is 0 Å². The van der Waals surface area contributed by atoms with Crippen molar-refractivity contribution in [3.8, 4) is 0 Å². The van der Waals surface area contributed by atoms with Crippen molar-refractivity contribution in [3.05, 3.63) is 70.2 Å². The number of nitrogens with zero attached hydrogens (tertiary/aromatic N) is 1. The van der Waals surface area contributed by atoms with Crippen molar-refractivity contribution in [1.29, 1.82) is 0 Å². The number of guanidine groups is 1. The molecule has 1 atom stereocenters. The van der Waals surface area contributed by atoms with Crippen LogP contribution in [0.4, 0.5) is 0 Å². The fourth-order valence-corrected chi connectivity index (χ4v) is 2.43. The zero-order valence-electron chi connectivity index (χ0n) is 12.3. The van der Waals surface area contributed by atoms with Gasteiger partial charge in [0.1, 0.15) is 0 Å². The van der Waals surface area contributed by atoms with E-state index in [4.69, 9.17) is 23.1 Å². The average Bonchev–Trinajstić information content (AvgIpc) is 2.45. The number of halogens is 1. The molecule has 0 unspecified atom stereocenters. The number of hydrogen-bond donors (Lipinski definition) is 2. The maximum Gasteiger partial charge on any atom is 0.256 e. The van der Waals surface area contributed by atoms with Gasteiger partial charge in [-0.1, -0.05) is 53.6 Å². The summed E-state index contributed by atoms with van der Waals surface area (Å²) in [4.78, 5) is 16.0. The van der Waals surface area contributed by atoms with Gasteiger partial charge in [-0.15, -0.1) is 0 Å². The Morgan fingerprint density at radius 2 is 1.86 bits per heavy atom. The minimum Gasteiger partial charge on any atom is -0.370 e. The second-order valence-electron chi connectivity index (χ2n) is 5.17. The van der Waals surface area contributed by atoms with Gasteiger partial charge in [0.25, 0.3) is 5.91 Å². The summed E-state index contributed by atoms with van der Waals surface area (Å²) in [6.07, 6.45) is 0.510. The Bertz CT molecular complexity index is 691. The first kappa shape index (κ1) is 16.0. The number of nitrogens with two attached hydrogens (primary N) is 2. The Balaban J connectivity index is 2.35. The first-order chi connectivity index (χ1) is 10.5. The van der Waals surface area contributed by atoms with Crippen molar-refractivity contribution in [2.45, 2.75) is 19.3 Å². The van der Waals surface area contributed by atoms with Crippen LogP contribution in [-0.2, 0) is 11.2 Å². The fourth-order valence-electron chi connectivity index (χ4n) is 2.24. The normalized spacial score (nSPS) is 11.7. The largest absolute Gasteiger partial charge is 0.370 e. The van der Waals surface area contributed by atoms with Gasteiger partial charge in [0.15, 0.2) is 5.96 Å². The Kier molecular flexibility index (Phi) is 5.17. The lowest BCUT2D eigenvalue weighted by atomic mass is 9.91. The third kappa shape index (κ3) is 4.33. The van der Waals surface area contributed by atoms with Gasteiger partial charge >= 0.3 is 0 Å². The second-order valence-corrected chi connectivity index (χ2v) is 5.61. The molecule has 0 saturated heterocycles. The maximum absolute atomic E-state index is 12.3. The van der Waals surface area contributed by atoms with Crippen LogP contribution in [0.15, 0.2) is 53.5 Å². The number of hydrogen-bond acceptors (Lipinski definition) is 1. The monoisotopic (exact) mass is 315 g/mol. The highest BCUT2D eigenvalue weighted by molar-refractivity contribution is 6.30. The SMILES string of the molecule is Cc1ccc(C[C@H](C(=O)N=C(N)N)c2cccc(Cl)c2)cc1. The van der Waals surface area contributed by atoms with Crippen LogP contribution in [0.25, 0.3) is 0 Å². The molecule has 2 rings (SSSR count). The molecule has 0 spiro atoms. The number of carbonyl (C=O) groups excluding carboxylic acids is 1. The number of aryl methyl sites for hydroxylation is 1. The summed E-state index contributed by atoms with van der Waals surface area (Å²) in [7, 11) is 0. The van der Waals surface area contributed by atoms with Gasteiger partial charge in [-0.3, -0.25) is 4.79 Å². The second kappa shape index (κ2) is 7.09. The molecule has 1 amide bonds. The molecular weight excluding hydrogens is 298 g/mol. The predicted molar refractivity (Wildman–Crippen MR) is 89.9 cm³/mol. The summed E-state index contributed by atoms with van der Waals surface area (Å²) in [5.74, 6) is -1.08. The van der Waals surface area contributed by atoms with Crippen LogP contribution >= 0.6 is 11.6 Å². The minimum atomic E-state index is -0.469. The molecule has 0 fully saturated rings. The van der Waals surface area contributed by atoms with Crippen molar-refractivity contribution in [1.82, 2.24) is 0 Å². The highest BCUT2D eigenvalue weighted by atomic mass is 35.5. The van der Waals surface area contributed by atoms with E-state index >= 15 is 0 Å². The lowest BCUT2D eigenvalue weighted by molar-refractivity contribution is -0.119. The molecule has 0 radical (unpaired) electrons. The average molecular weight is 316 g/mol. The molecule has 0 aliphatic carbocycles. The lowest BCUT2D eigenvalue weighted by Gasteiger charge is -2.15. The third-order valence-electron chi connectivity index (χ3n) is 3.35. The molecular formula is C17H18ClN3O. The van der Waals surface area contributed by atoms with Crippen LogP contribution in [-0.4, -0.2) is 11.9 Å². The first-order valence-corrected chi connectivity index (χ1v) is 7.28. The van der Waals surface area contributed by atoms with Crippen LogP contribution in [0.1, 0.15) is 22.6 Å². The topological polar surface area (TPSA) is 81.5 Å². The quantitative estimate of drug-likeness (QED) is 0.672. The van der Waals surface area contributed by atoms with Crippen molar-refractivity contribution < 1.29 is 4.79 Å². The molecule has 114 valence electrons. The molecule has 2 aromatic carbocycles. The van der Waals surface area contributed by atoms with Gasteiger partial charge in [-0.25, -0.2) is 0 Å². The Morgan fingerprint density at radius 1 is 1.18 bits per heavy atom. The summed E-state index contributed by atoms with van der Waals surface area (Å²) >= 11 is 6.03. The smallest absolute Gasteiger partial charge is 0.256 e. The van der Waals surface area contributed by atoms with Crippen LogP contribution in [0.2, 0.25) is 5.02 Å². The number of aliphatic imine (C=N–C) groups is 1. The fraction of sp³-hybridized carbons (Fsp3) is 0.176. The summed E-state index contributed by atoms with van der Waals surface area (Å²) in [5.41, 5.74) is 13.7.